The summed E-state index contributed by atoms with van der Waals surface area (Å²) in [6.07, 6.45) is 2.38. The van der Waals surface area contributed by atoms with Gasteiger partial charge < -0.3 is 9.64 Å². The van der Waals surface area contributed by atoms with Gasteiger partial charge in [0.15, 0.2) is 0 Å². The molecule has 3 aromatic rings. The number of anilines is 1. The van der Waals surface area contributed by atoms with E-state index in [2.05, 4.69) is 46.3 Å². The number of aromatic amines is 1. The Balaban J connectivity index is 1.57. The van der Waals surface area contributed by atoms with Gasteiger partial charge in [0.1, 0.15) is 11.4 Å². The third-order valence-electron chi connectivity index (χ3n) is 6.11. The zero-order valence-electron chi connectivity index (χ0n) is 17.9. The summed E-state index contributed by atoms with van der Waals surface area (Å²) in [6, 6.07) is 10.2. The predicted molar refractivity (Wildman–Crippen MR) is 117 cm³/mol. The van der Waals surface area contributed by atoms with Crippen molar-refractivity contribution in [2.45, 2.75) is 39.7 Å². The molecule has 30 heavy (non-hydrogen) atoms. The molecule has 0 fully saturated rings. The third-order valence-corrected chi connectivity index (χ3v) is 6.11. The summed E-state index contributed by atoms with van der Waals surface area (Å²) in [6.45, 7) is 8.27. The van der Waals surface area contributed by atoms with Crippen LogP contribution in [0.25, 0.3) is 11.3 Å². The van der Waals surface area contributed by atoms with Gasteiger partial charge in [-0.05, 0) is 51.5 Å². The molecule has 7 heteroatoms. The van der Waals surface area contributed by atoms with Crippen LogP contribution in [0.3, 0.4) is 0 Å². The van der Waals surface area contributed by atoms with Crippen LogP contribution in [-0.4, -0.2) is 34.3 Å². The fourth-order valence-electron chi connectivity index (χ4n) is 4.44. The third kappa shape index (κ3) is 3.30. The normalized spacial score (nSPS) is 17.5. The molecule has 156 valence electrons. The summed E-state index contributed by atoms with van der Waals surface area (Å²) < 4.78 is 6.42. The van der Waals surface area contributed by atoms with Crippen molar-refractivity contribution in [1.82, 2.24) is 10.2 Å². The monoisotopic (exact) mass is 406 g/mol. The molecule has 1 N–H and O–H groups in total. The maximum atomic E-state index is 11.6. The van der Waals surface area contributed by atoms with E-state index >= 15 is 0 Å². The number of nitrogens with one attached hydrogen (secondary N) is 1. The van der Waals surface area contributed by atoms with Crippen LogP contribution in [0.15, 0.2) is 36.5 Å². The van der Waals surface area contributed by atoms with Gasteiger partial charge in [0.25, 0.3) is 5.69 Å². The van der Waals surface area contributed by atoms with Crippen LogP contribution in [0.4, 0.5) is 11.4 Å². The highest BCUT2D eigenvalue weighted by molar-refractivity contribution is 5.64. The first-order valence-corrected chi connectivity index (χ1v) is 9.97. The molecule has 0 radical (unpaired) electrons. The fourth-order valence-corrected chi connectivity index (χ4v) is 4.44. The lowest BCUT2D eigenvalue weighted by molar-refractivity contribution is -0.386. The number of hydrogen-bond acceptors (Lipinski definition) is 5. The Morgan fingerprint density at radius 1 is 1.17 bits per heavy atom. The average Bonchev–Trinajstić information content (AvgIpc) is 3.34. The molecular weight excluding hydrogens is 380 g/mol. The van der Waals surface area contributed by atoms with Crippen molar-refractivity contribution in [2.24, 2.45) is 0 Å². The van der Waals surface area contributed by atoms with E-state index in [1.807, 2.05) is 27.0 Å². The minimum absolute atomic E-state index is 0.210. The van der Waals surface area contributed by atoms with E-state index in [1.54, 1.807) is 13.1 Å². The molecule has 0 saturated carbocycles. The van der Waals surface area contributed by atoms with Crippen LogP contribution in [0, 0.1) is 30.9 Å². The minimum Gasteiger partial charge on any atom is -0.485 e. The Morgan fingerprint density at radius 2 is 1.87 bits per heavy atom. The number of nitro benzene ring substituents is 1. The summed E-state index contributed by atoms with van der Waals surface area (Å²) in [5.74, 6) is 0.807. The van der Waals surface area contributed by atoms with E-state index in [9.17, 15) is 10.1 Å². The van der Waals surface area contributed by atoms with Crippen molar-refractivity contribution >= 4 is 11.4 Å². The van der Waals surface area contributed by atoms with Crippen molar-refractivity contribution < 1.29 is 9.66 Å². The van der Waals surface area contributed by atoms with Crippen molar-refractivity contribution in [3.8, 4) is 17.0 Å². The zero-order chi connectivity index (χ0) is 21.6. The van der Waals surface area contributed by atoms with Crippen LogP contribution < -0.4 is 9.64 Å². The number of benzene rings is 2. The highest BCUT2D eigenvalue weighted by Crippen LogP contribution is 2.45. The lowest BCUT2D eigenvalue weighted by Gasteiger charge is -2.31. The fraction of sp³-hybridized carbons (Fsp3) is 0.348. The summed E-state index contributed by atoms with van der Waals surface area (Å²) in [5.41, 5.74) is 6.10. The molecule has 1 aliphatic heterocycles. The van der Waals surface area contributed by atoms with Crippen molar-refractivity contribution in [2.75, 3.05) is 18.5 Å². The highest BCUT2D eigenvalue weighted by Gasteiger charge is 2.40. The van der Waals surface area contributed by atoms with Gasteiger partial charge in [0.05, 0.1) is 17.2 Å². The second-order valence-corrected chi connectivity index (χ2v) is 8.39. The number of ether oxygens (including phenoxy) is 1. The highest BCUT2D eigenvalue weighted by atomic mass is 16.6. The van der Waals surface area contributed by atoms with Crippen LogP contribution in [0.5, 0.6) is 5.75 Å². The van der Waals surface area contributed by atoms with E-state index in [0.717, 1.165) is 33.8 Å². The van der Waals surface area contributed by atoms with E-state index in [-0.39, 0.29) is 10.6 Å². The van der Waals surface area contributed by atoms with Crippen LogP contribution in [0.1, 0.15) is 29.2 Å². The molecule has 1 atom stereocenters. The quantitative estimate of drug-likeness (QED) is 0.489. The van der Waals surface area contributed by atoms with Gasteiger partial charge in [-0.2, -0.15) is 5.10 Å². The smallest absolute Gasteiger partial charge is 0.275 e. The van der Waals surface area contributed by atoms with Crippen LogP contribution >= 0.6 is 0 Å². The first-order chi connectivity index (χ1) is 14.2. The molecule has 1 aliphatic rings. The largest absolute Gasteiger partial charge is 0.485 e. The first kappa shape index (κ1) is 19.9. The molecule has 1 aromatic heterocycles. The van der Waals surface area contributed by atoms with E-state index in [4.69, 9.17) is 4.74 Å². The lowest BCUT2D eigenvalue weighted by Crippen LogP contribution is -2.43. The second kappa shape index (κ2) is 7.16. The van der Waals surface area contributed by atoms with Gasteiger partial charge in [-0.25, -0.2) is 0 Å². The molecule has 2 aromatic carbocycles. The summed E-state index contributed by atoms with van der Waals surface area (Å²) in [5, 5.41) is 18.6. The molecule has 0 spiro atoms. The molecule has 1 unspecified atom stereocenters. The first-order valence-electron chi connectivity index (χ1n) is 9.97. The van der Waals surface area contributed by atoms with Gasteiger partial charge >= 0.3 is 0 Å². The number of fused-ring (bicyclic) bond motifs is 1. The Morgan fingerprint density at radius 3 is 2.47 bits per heavy atom. The summed E-state index contributed by atoms with van der Waals surface area (Å²) in [4.78, 5) is 13.5. The number of likely N-dealkylation sites (N-methyl/N-ethyl adjacent to an activating group) is 1. The number of hydrogen-bond donors (Lipinski definition) is 1. The SMILES string of the molecule is Cc1c(C)c([N+](=O)[O-])c(C)c2c1OC(C)(CN(C)c1ccc(-c3ccn[nH]3)cc1)C2. The maximum absolute atomic E-state index is 11.6. The molecule has 2 heterocycles. The van der Waals surface area contributed by atoms with Gasteiger partial charge in [-0.1, -0.05) is 12.1 Å². The molecule has 0 aliphatic carbocycles. The number of H-pyrrole nitrogens is 1. The van der Waals surface area contributed by atoms with Crippen molar-refractivity contribution in [1.29, 1.82) is 0 Å². The Hall–Kier alpha value is -3.35. The standard InChI is InChI=1S/C23H26N4O3/c1-14-15(2)22-19(16(3)21(14)27(28)29)12-23(4,30-22)13-26(5)18-8-6-17(7-9-18)20-10-11-24-25-20/h6-11H,12-13H2,1-5H3,(H,24,25). The predicted octanol–water partition coefficient (Wildman–Crippen LogP) is 4.74. The average molecular weight is 406 g/mol. The van der Waals surface area contributed by atoms with E-state index in [0.29, 0.717) is 24.1 Å². The lowest BCUT2D eigenvalue weighted by atomic mass is 9.91. The topological polar surface area (TPSA) is 84.3 Å². The summed E-state index contributed by atoms with van der Waals surface area (Å²) >= 11 is 0. The molecule has 4 rings (SSSR count). The summed E-state index contributed by atoms with van der Waals surface area (Å²) in [7, 11) is 2.04. The molecule has 0 amide bonds. The van der Waals surface area contributed by atoms with E-state index in [1.165, 1.54) is 0 Å². The van der Waals surface area contributed by atoms with Crippen LogP contribution in [-0.2, 0) is 6.42 Å². The zero-order valence-corrected chi connectivity index (χ0v) is 17.9. The maximum Gasteiger partial charge on any atom is 0.275 e. The Bertz CT molecular complexity index is 1110. The molecule has 0 saturated heterocycles. The van der Waals surface area contributed by atoms with Gasteiger partial charge in [0.2, 0.25) is 0 Å². The Labute approximate surface area is 175 Å². The number of nitro groups is 1. The Kier molecular flexibility index (Phi) is 4.76. The molecule has 7 nitrogen and oxygen atoms in total. The van der Waals surface area contributed by atoms with Gasteiger partial charge in [0, 0.05) is 47.6 Å². The van der Waals surface area contributed by atoms with Gasteiger partial charge in [-0.3, -0.25) is 15.2 Å². The second-order valence-electron chi connectivity index (χ2n) is 8.39. The number of nitrogens with zero attached hydrogens (tertiary/aromatic N) is 3. The number of aromatic nitrogens is 2. The van der Waals surface area contributed by atoms with E-state index < -0.39 is 5.60 Å². The minimum atomic E-state index is -0.462. The molecule has 0 bridgehead atoms. The molecular formula is C23H26N4O3. The number of rotatable bonds is 5. The van der Waals surface area contributed by atoms with Crippen LogP contribution in [0.2, 0.25) is 0 Å². The van der Waals surface area contributed by atoms with Crippen molar-refractivity contribution in [3.05, 3.63) is 68.9 Å². The van der Waals surface area contributed by atoms with Gasteiger partial charge in [-0.15, -0.1) is 0 Å². The van der Waals surface area contributed by atoms with Crippen molar-refractivity contribution in [3.63, 3.8) is 0 Å².